The molecule has 0 saturated carbocycles. The molecule has 0 saturated heterocycles. The number of nitrogens with one attached hydrogen (secondary N) is 2. The van der Waals surface area contributed by atoms with Crippen molar-refractivity contribution < 1.29 is 29.4 Å². The smallest absolute Gasteiger partial charge is 0.326 e. The van der Waals surface area contributed by atoms with Crippen LogP contribution in [0.1, 0.15) is 19.8 Å². The number of carboxylic acid groups (broad SMARTS) is 1. The fourth-order valence-corrected chi connectivity index (χ4v) is 1.31. The highest BCUT2D eigenvalue weighted by Gasteiger charge is 2.25. The van der Waals surface area contributed by atoms with Crippen molar-refractivity contribution in [1.29, 1.82) is 0 Å². The molecule has 0 aliphatic carbocycles. The molecule has 3 atom stereocenters. The van der Waals surface area contributed by atoms with E-state index in [0.717, 1.165) is 0 Å². The molecule has 3 amide bonds. The fourth-order valence-electron chi connectivity index (χ4n) is 1.31. The number of amides is 3. The first-order chi connectivity index (χ1) is 9.68. The summed E-state index contributed by atoms with van der Waals surface area (Å²) in [7, 11) is 0. The Balaban J connectivity index is 4.50. The van der Waals surface area contributed by atoms with Gasteiger partial charge >= 0.3 is 5.97 Å². The largest absolute Gasteiger partial charge is 0.480 e. The van der Waals surface area contributed by atoms with Crippen LogP contribution in [0.2, 0.25) is 0 Å². The lowest BCUT2D eigenvalue weighted by molar-refractivity contribution is -0.142. The molecule has 21 heavy (non-hydrogen) atoms. The van der Waals surface area contributed by atoms with Gasteiger partial charge in [0.15, 0.2) is 0 Å². The number of nitrogens with two attached hydrogens (primary N) is 2. The Hall–Kier alpha value is -2.20. The van der Waals surface area contributed by atoms with E-state index in [1.807, 2.05) is 0 Å². The van der Waals surface area contributed by atoms with Crippen LogP contribution >= 0.6 is 0 Å². The first-order valence-corrected chi connectivity index (χ1v) is 6.17. The third-order valence-corrected chi connectivity index (χ3v) is 2.58. The highest BCUT2D eigenvalue weighted by atomic mass is 16.4. The van der Waals surface area contributed by atoms with Crippen LogP contribution in [0.25, 0.3) is 0 Å². The lowest BCUT2D eigenvalue weighted by Gasteiger charge is -2.19. The molecule has 0 aromatic carbocycles. The summed E-state index contributed by atoms with van der Waals surface area (Å²) in [4.78, 5) is 44.7. The summed E-state index contributed by atoms with van der Waals surface area (Å²) in [6.45, 7) is 0.737. The topological polar surface area (TPSA) is 185 Å². The van der Waals surface area contributed by atoms with E-state index >= 15 is 0 Å². The zero-order chi connectivity index (χ0) is 16.6. The first kappa shape index (κ1) is 18.8. The van der Waals surface area contributed by atoms with Crippen molar-refractivity contribution in [2.45, 2.75) is 37.9 Å². The number of carboxylic acids is 1. The van der Waals surface area contributed by atoms with Crippen LogP contribution in [0.4, 0.5) is 0 Å². The summed E-state index contributed by atoms with van der Waals surface area (Å²) in [5.74, 6) is -3.52. The second-order valence-electron chi connectivity index (χ2n) is 4.42. The highest BCUT2D eigenvalue weighted by molar-refractivity contribution is 5.91. The van der Waals surface area contributed by atoms with Gasteiger partial charge in [-0.15, -0.1) is 0 Å². The van der Waals surface area contributed by atoms with E-state index in [0.29, 0.717) is 0 Å². The molecule has 120 valence electrons. The number of hydrogen-bond acceptors (Lipinski definition) is 6. The number of hydrogen-bond donors (Lipinski definition) is 6. The summed E-state index contributed by atoms with van der Waals surface area (Å²) in [5.41, 5.74) is 10.2. The Morgan fingerprint density at radius 3 is 2.14 bits per heavy atom. The van der Waals surface area contributed by atoms with Gasteiger partial charge in [0.1, 0.15) is 18.1 Å². The molecule has 0 unspecified atom stereocenters. The molecule has 0 aliphatic rings. The Kier molecular flexibility index (Phi) is 7.94. The summed E-state index contributed by atoms with van der Waals surface area (Å²) < 4.78 is 0. The van der Waals surface area contributed by atoms with Gasteiger partial charge in [0.2, 0.25) is 17.7 Å². The number of aliphatic carboxylic acids is 1. The molecule has 0 rings (SSSR count). The maximum atomic E-state index is 11.7. The molecule has 10 nitrogen and oxygen atoms in total. The van der Waals surface area contributed by atoms with Gasteiger partial charge in [0, 0.05) is 6.42 Å². The van der Waals surface area contributed by atoms with Gasteiger partial charge in [-0.1, -0.05) is 0 Å². The van der Waals surface area contributed by atoms with E-state index in [4.69, 9.17) is 21.7 Å². The van der Waals surface area contributed by atoms with Crippen molar-refractivity contribution in [2.24, 2.45) is 11.5 Å². The molecule has 0 heterocycles. The van der Waals surface area contributed by atoms with Crippen LogP contribution in [-0.4, -0.2) is 58.6 Å². The van der Waals surface area contributed by atoms with Crippen molar-refractivity contribution in [1.82, 2.24) is 10.6 Å². The van der Waals surface area contributed by atoms with Gasteiger partial charge in [0.25, 0.3) is 0 Å². The number of aliphatic hydroxyl groups excluding tert-OH is 1. The zero-order valence-electron chi connectivity index (χ0n) is 11.5. The summed E-state index contributed by atoms with van der Waals surface area (Å²) in [5, 5.41) is 22.0. The van der Waals surface area contributed by atoms with Crippen LogP contribution in [0.5, 0.6) is 0 Å². The van der Waals surface area contributed by atoms with Crippen molar-refractivity contribution in [3.63, 3.8) is 0 Å². The van der Waals surface area contributed by atoms with Crippen molar-refractivity contribution in [3.05, 3.63) is 0 Å². The Morgan fingerprint density at radius 1 is 1.14 bits per heavy atom. The minimum absolute atomic E-state index is 0.159. The highest BCUT2D eigenvalue weighted by Crippen LogP contribution is 1.98. The average Bonchev–Trinajstić information content (AvgIpc) is 2.41. The van der Waals surface area contributed by atoms with Crippen molar-refractivity contribution in [3.8, 4) is 0 Å². The van der Waals surface area contributed by atoms with E-state index < -0.39 is 48.4 Å². The van der Waals surface area contributed by atoms with Gasteiger partial charge in [-0.25, -0.2) is 4.79 Å². The molecule has 0 aromatic heterocycles. The van der Waals surface area contributed by atoms with E-state index in [9.17, 15) is 19.2 Å². The second kappa shape index (κ2) is 8.87. The zero-order valence-corrected chi connectivity index (χ0v) is 11.5. The number of carbonyl (C=O) groups is 4. The Labute approximate surface area is 120 Å². The normalized spacial score (nSPS) is 14.6. The molecule has 0 radical (unpaired) electrons. The first-order valence-electron chi connectivity index (χ1n) is 6.17. The summed E-state index contributed by atoms with van der Waals surface area (Å²) in [6.07, 6.45) is -0.361. The monoisotopic (exact) mass is 304 g/mol. The predicted octanol–water partition coefficient (Wildman–Crippen LogP) is -3.35. The molecule has 0 bridgehead atoms. The SMILES string of the molecule is C[C@H](NC(=O)[C@@H](N)CO)C(=O)N[C@@H](CCC(N)=O)C(=O)O. The van der Waals surface area contributed by atoms with E-state index in [1.54, 1.807) is 0 Å². The molecule has 10 heteroatoms. The number of aliphatic hydroxyl groups is 1. The molecule has 0 fully saturated rings. The van der Waals surface area contributed by atoms with Gasteiger partial charge in [-0.3, -0.25) is 14.4 Å². The fraction of sp³-hybridized carbons (Fsp3) is 0.636. The Bertz CT molecular complexity index is 414. The maximum absolute atomic E-state index is 11.7. The number of rotatable bonds is 9. The maximum Gasteiger partial charge on any atom is 0.326 e. The number of carbonyl (C=O) groups excluding carboxylic acids is 3. The average molecular weight is 304 g/mol. The van der Waals surface area contributed by atoms with Gasteiger partial charge in [-0.05, 0) is 13.3 Å². The minimum Gasteiger partial charge on any atom is -0.480 e. The minimum atomic E-state index is -1.32. The van der Waals surface area contributed by atoms with Crippen LogP contribution < -0.4 is 22.1 Å². The van der Waals surface area contributed by atoms with Crippen LogP contribution in [0.15, 0.2) is 0 Å². The molecule has 8 N–H and O–H groups in total. The third kappa shape index (κ3) is 7.22. The van der Waals surface area contributed by atoms with Crippen molar-refractivity contribution in [2.75, 3.05) is 6.61 Å². The van der Waals surface area contributed by atoms with Gasteiger partial charge in [0.05, 0.1) is 6.61 Å². The van der Waals surface area contributed by atoms with E-state index in [2.05, 4.69) is 10.6 Å². The number of primary amides is 1. The summed E-state index contributed by atoms with van der Waals surface area (Å²) in [6, 6.07) is -3.52. The van der Waals surface area contributed by atoms with Crippen molar-refractivity contribution >= 4 is 23.7 Å². The van der Waals surface area contributed by atoms with E-state index in [-0.39, 0.29) is 12.8 Å². The molecular formula is C11H20N4O6. The van der Waals surface area contributed by atoms with Gasteiger partial charge in [-0.2, -0.15) is 0 Å². The summed E-state index contributed by atoms with van der Waals surface area (Å²) >= 11 is 0. The van der Waals surface area contributed by atoms with Crippen LogP contribution in [0.3, 0.4) is 0 Å². The third-order valence-electron chi connectivity index (χ3n) is 2.58. The molecule has 0 aliphatic heterocycles. The van der Waals surface area contributed by atoms with Gasteiger partial charge < -0.3 is 32.3 Å². The lowest BCUT2D eigenvalue weighted by atomic mass is 10.1. The Morgan fingerprint density at radius 2 is 1.71 bits per heavy atom. The molecule has 0 spiro atoms. The van der Waals surface area contributed by atoms with Crippen LogP contribution in [0, 0.1) is 0 Å². The molecule has 0 aromatic rings. The quantitative estimate of drug-likeness (QED) is 0.257. The lowest BCUT2D eigenvalue weighted by Crippen LogP contribution is -2.54. The van der Waals surface area contributed by atoms with Crippen LogP contribution in [-0.2, 0) is 19.2 Å². The molecular weight excluding hydrogens is 284 g/mol. The standard InChI is InChI=1S/C11H20N4O6/c1-5(14-10(19)6(12)4-16)9(18)15-7(11(20)21)2-3-8(13)17/h5-7,16H,2-4,12H2,1H3,(H2,13,17)(H,14,19)(H,15,18)(H,20,21)/t5-,6-,7-/m0/s1. The predicted molar refractivity (Wildman–Crippen MR) is 70.7 cm³/mol. The van der Waals surface area contributed by atoms with E-state index in [1.165, 1.54) is 6.92 Å². The second-order valence-corrected chi connectivity index (χ2v) is 4.42.